The molecule has 1 N–H and O–H groups in total. The Morgan fingerprint density at radius 2 is 1.86 bits per heavy atom. The SMILES string of the molecule is Cc1ccccc1C1C(=O)NC(=O)CC12CCC(C)(C)C2. The van der Waals surface area contributed by atoms with Crippen molar-refractivity contribution in [2.45, 2.75) is 52.4 Å². The fourth-order valence-corrected chi connectivity index (χ4v) is 4.45. The number of carbonyl (C=O) groups is 2. The monoisotopic (exact) mass is 285 g/mol. The minimum Gasteiger partial charge on any atom is -0.296 e. The Kier molecular flexibility index (Phi) is 3.19. The van der Waals surface area contributed by atoms with Crippen molar-refractivity contribution in [3.05, 3.63) is 35.4 Å². The van der Waals surface area contributed by atoms with Gasteiger partial charge in [-0.2, -0.15) is 0 Å². The molecule has 1 aliphatic heterocycles. The van der Waals surface area contributed by atoms with Gasteiger partial charge in [-0.1, -0.05) is 38.1 Å². The lowest BCUT2D eigenvalue weighted by Gasteiger charge is -2.41. The topological polar surface area (TPSA) is 46.2 Å². The first kappa shape index (κ1) is 14.3. The van der Waals surface area contributed by atoms with E-state index < -0.39 is 0 Å². The van der Waals surface area contributed by atoms with E-state index in [9.17, 15) is 9.59 Å². The summed E-state index contributed by atoms with van der Waals surface area (Å²) in [7, 11) is 0. The summed E-state index contributed by atoms with van der Waals surface area (Å²) in [5, 5.41) is 2.56. The fraction of sp³-hybridized carbons (Fsp3) is 0.556. The molecule has 2 fully saturated rings. The zero-order chi connectivity index (χ0) is 15.3. The number of piperidine rings is 1. The van der Waals surface area contributed by atoms with Crippen LogP contribution in [-0.4, -0.2) is 11.8 Å². The van der Waals surface area contributed by atoms with E-state index in [1.165, 1.54) is 0 Å². The molecule has 1 aromatic carbocycles. The molecule has 0 bridgehead atoms. The van der Waals surface area contributed by atoms with Crippen molar-refractivity contribution < 1.29 is 9.59 Å². The summed E-state index contributed by atoms with van der Waals surface area (Å²) in [6, 6.07) is 8.07. The Labute approximate surface area is 126 Å². The molecule has 1 spiro atoms. The maximum Gasteiger partial charge on any atom is 0.234 e. The predicted molar refractivity (Wildman–Crippen MR) is 81.8 cm³/mol. The number of nitrogens with one attached hydrogen (secondary N) is 1. The number of rotatable bonds is 1. The highest BCUT2D eigenvalue weighted by Gasteiger charge is 2.54. The van der Waals surface area contributed by atoms with E-state index in [-0.39, 0.29) is 28.6 Å². The van der Waals surface area contributed by atoms with Crippen LogP contribution in [0.4, 0.5) is 0 Å². The quantitative estimate of drug-likeness (QED) is 0.805. The number of imide groups is 1. The smallest absolute Gasteiger partial charge is 0.234 e. The van der Waals surface area contributed by atoms with Crippen molar-refractivity contribution in [2.24, 2.45) is 10.8 Å². The van der Waals surface area contributed by atoms with Crippen molar-refractivity contribution in [3.8, 4) is 0 Å². The van der Waals surface area contributed by atoms with Gasteiger partial charge < -0.3 is 0 Å². The number of hydrogen-bond acceptors (Lipinski definition) is 2. The molecular weight excluding hydrogens is 262 g/mol. The molecule has 1 heterocycles. The van der Waals surface area contributed by atoms with Gasteiger partial charge in [-0.25, -0.2) is 0 Å². The minimum atomic E-state index is -0.199. The van der Waals surface area contributed by atoms with Crippen molar-refractivity contribution >= 4 is 11.8 Å². The third kappa shape index (κ3) is 2.39. The molecular formula is C18H23NO2. The fourth-order valence-electron chi connectivity index (χ4n) is 4.45. The Bertz CT molecular complexity index is 605. The van der Waals surface area contributed by atoms with Gasteiger partial charge in [0.15, 0.2) is 0 Å². The Morgan fingerprint density at radius 3 is 2.48 bits per heavy atom. The van der Waals surface area contributed by atoms with Gasteiger partial charge in [0.05, 0.1) is 5.92 Å². The average Bonchev–Trinajstić information content (AvgIpc) is 2.66. The lowest BCUT2D eigenvalue weighted by Crippen LogP contribution is -2.50. The summed E-state index contributed by atoms with van der Waals surface area (Å²) in [5.74, 6) is -0.418. The second-order valence-electron chi connectivity index (χ2n) is 7.58. The highest BCUT2D eigenvalue weighted by atomic mass is 16.2. The number of carbonyl (C=O) groups excluding carboxylic acids is 2. The number of benzene rings is 1. The van der Waals surface area contributed by atoms with Crippen LogP contribution < -0.4 is 5.32 Å². The van der Waals surface area contributed by atoms with Gasteiger partial charge in [0, 0.05) is 6.42 Å². The van der Waals surface area contributed by atoms with E-state index in [2.05, 4.69) is 19.2 Å². The van der Waals surface area contributed by atoms with Gasteiger partial charge in [0.25, 0.3) is 0 Å². The van der Waals surface area contributed by atoms with Crippen LogP contribution in [0, 0.1) is 17.8 Å². The van der Waals surface area contributed by atoms with Crippen molar-refractivity contribution in [1.29, 1.82) is 0 Å². The predicted octanol–water partition coefficient (Wildman–Crippen LogP) is 3.32. The van der Waals surface area contributed by atoms with Crippen LogP contribution in [0.5, 0.6) is 0 Å². The molecule has 2 atom stereocenters. The van der Waals surface area contributed by atoms with Crippen LogP contribution in [0.2, 0.25) is 0 Å². The van der Waals surface area contributed by atoms with Crippen LogP contribution >= 0.6 is 0 Å². The van der Waals surface area contributed by atoms with E-state index in [0.29, 0.717) is 6.42 Å². The largest absolute Gasteiger partial charge is 0.296 e. The van der Waals surface area contributed by atoms with Crippen LogP contribution in [0.3, 0.4) is 0 Å². The molecule has 2 aliphatic rings. The molecule has 3 nitrogen and oxygen atoms in total. The van der Waals surface area contributed by atoms with Crippen LogP contribution in [0.25, 0.3) is 0 Å². The third-order valence-corrected chi connectivity index (χ3v) is 5.28. The lowest BCUT2D eigenvalue weighted by atomic mass is 9.64. The first-order valence-corrected chi connectivity index (χ1v) is 7.72. The molecule has 1 saturated heterocycles. The highest BCUT2D eigenvalue weighted by Crippen LogP contribution is 2.59. The standard InChI is InChI=1S/C18H23NO2/c1-12-6-4-5-7-13(12)15-16(21)19-14(20)10-18(15)9-8-17(2,3)11-18/h4-7,15H,8-11H2,1-3H3,(H,19,20,21). The molecule has 0 aromatic heterocycles. The average molecular weight is 285 g/mol. The molecule has 112 valence electrons. The zero-order valence-electron chi connectivity index (χ0n) is 13.0. The number of aryl methyl sites for hydroxylation is 1. The molecule has 0 radical (unpaired) electrons. The van der Waals surface area contributed by atoms with Gasteiger partial charge in [-0.05, 0) is 48.1 Å². The second kappa shape index (κ2) is 4.69. The summed E-state index contributed by atoms with van der Waals surface area (Å²) in [6.45, 7) is 6.54. The molecule has 3 heteroatoms. The van der Waals surface area contributed by atoms with E-state index in [1.54, 1.807) is 0 Å². The molecule has 1 aromatic rings. The summed E-state index contributed by atoms with van der Waals surface area (Å²) < 4.78 is 0. The van der Waals surface area contributed by atoms with Crippen LogP contribution in [0.1, 0.15) is 56.6 Å². The van der Waals surface area contributed by atoms with E-state index in [0.717, 1.165) is 30.4 Å². The first-order chi connectivity index (χ1) is 9.83. The van der Waals surface area contributed by atoms with E-state index in [4.69, 9.17) is 0 Å². The van der Waals surface area contributed by atoms with Crippen LogP contribution in [0.15, 0.2) is 24.3 Å². The van der Waals surface area contributed by atoms with Gasteiger partial charge in [-0.3, -0.25) is 14.9 Å². The summed E-state index contributed by atoms with van der Waals surface area (Å²) in [5.41, 5.74) is 2.23. The molecule has 1 aliphatic carbocycles. The van der Waals surface area contributed by atoms with E-state index >= 15 is 0 Å². The molecule has 3 rings (SSSR count). The Hall–Kier alpha value is -1.64. The number of amides is 2. The van der Waals surface area contributed by atoms with Gasteiger partial charge in [0.1, 0.15) is 0 Å². The molecule has 2 unspecified atom stereocenters. The van der Waals surface area contributed by atoms with Crippen LogP contribution in [-0.2, 0) is 9.59 Å². The normalized spacial score (nSPS) is 31.5. The van der Waals surface area contributed by atoms with Gasteiger partial charge in [0.2, 0.25) is 11.8 Å². The zero-order valence-corrected chi connectivity index (χ0v) is 13.0. The highest BCUT2D eigenvalue weighted by molar-refractivity contribution is 6.02. The maximum atomic E-state index is 12.6. The summed E-state index contributed by atoms with van der Waals surface area (Å²) in [6.07, 6.45) is 3.45. The molecule has 2 amide bonds. The van der Waals surface area contributed by atoms with Crippen molar-refractivity contribution in [3.63, 3.8) is 0 Å². The summed E-state index contributed by atoms with van der Waals surface area (Å²) >= 11 is 0. The summed E-state index contributed by atoms with van der Waals surface area (Å²) in [4.78, 5) is 24.6. The third-order valence-electron chi connectivity index (χ3n) is 5.28. The lowest BCUT2D eigenvalue weighted by molar-refractivity contribution is -0.140. The molecule has 21 heavy (non-hydrogen) atoms. The Balaban J connectivity index is 2.09. The first-order valence-electron chi connectivity index (χ1n) is 7.72. The Morgan fingerprint density at radius 1 is 1.14 bits per heavy atom. The number of hydrogen-bond donors (Lipinski definition) is 1. The second-order valence-corrected chi connectivity index (χ2v) is 7.58. The van der Waals surface area contributed by atoms with Crippen molar-refractivity contribution in [2.75, 3.05) is 0 Å². The van der Waals surface area contributed by atoms with Gasteiger partial charge in [-0.15, -0.1) is 0 Å². The minimum absolute atomic E-state index is 0.109. The maximum absolute atomic E-state index is 12.6. The molecule has 1 saturated carbocycles. The van der Waals surface area contributed by atoms with Crippen molar-refractivity contribution in [1.82, 2.24) is 5.32 Å². The van der Waals surface area contributed by atoms with Gasteiger partial charge >= 0.3 is 0 Å². The van der Waals surface area contributed by atoms with E-state index in [1.807, 2.05) is 31.2 Å².